The molecular formula is C35H38Cl2N6O4. The lowest BCUT2D eigenvalue weighted by molar-refractivity contribution is -0.119. The molecule has 2 aromatic carbocycles. The maximum atomic E-state index is 11.5. The molecular weight excluding hydrogens is 639 g/mol. The van der Waals surface area contributed by atoms with Gasteiger partial charge >= 0.3 is 0 Å². The zero-order valence-electron chi connectivity index (χ0n) is 26.4. The normalized spacial score (nSPS) is 18.9. The Morgan fingerprint density at radius 3 is 2.13 bits per heavy atom. The number of nitrogens with one attached hydrogen (secondary N) is 3. The van der Waals surface area contributed by atoms with E-state index in [4.69, 9.17) is 42.6 Å². The van der Waals surface area contributed by atoms with Crippen LogP contribution in [-0.4, -0.2) is 65.4 Å². The third-order valence-corrected chi connectivity index (χ3v) is 9.52. The number of carbonyl (C=O) groups excluding carboxylic acids is 1. The van der Waals surface area contributed by atoms with Crippen molar-refractivity contribution in [2.45, 2.75) is 50.9 Å². The van der Waals surface area contributed by atoms with Crippen molar-refractivity contribution < 1.29 is 19.4 Å². The van der Waals surface area contributed by atoms with Gasteiger partial charge in [-0.25, -0.2) is 9.97 Å². The van der Waals surface area contributed by atoms with Gasteiger partial charge < -0.3 is 30.5 Å². The van der Waals surface area contributed by atoms with Crippen LogP contribution in [0.2, 0.25) is 10.0 Å². The second-order valence-corrected chi connectivity index (χ2v) is 12.7. The van der Waals surface area contributed by atoms with Crippen LogP contribution in [0.15, 0.2) is 54.7 Å². The summed E-state index contributed by atoms with van der Waals surface area (Å²) >= 11 is 14.1. The van der Waals surface area contributed by atoms with Crippen molar-refractivity contribution in [2.24, 2.45) is 5.92 Å². The summed E-state index contributed by atoms with van der Waals surface area (Å²) in [6.07, 6.45) is 4.59. The zero-order valence-corrected chi connectivity index (χ0v) is 27.9. The van der Waals surface area contributed by atoms with Gasteiger partial charge in [-0.2, -0.15) is 0 Å². The first-order valence-electron chi connectivity index (χ1n) is 15.7. The van der Waals surface area contributed by atoms with Gasteiger partial charge in [-0.1, -0.05) is 65.7 Å². The van der Waals surface area contributed by atoms with Crippen LogP contribution >= 0.6 is 23.2 Å². The third-order valence-electron chi connectivity index (χ3n) is 8.70. The molecule has 1 aliphatic heterocycles. The maximum absolute atomic E-state index is 11.5. The number of hydrogen-bond acceptors (Lipinski definition) is 9. The lowest BCUT2D eigenvalue weighted by Crippen LogP contribution is -2.36. The second-order valence-electron chi connectivity index (χ2n) is 12.0. The van der Waals surface area contributed by atoms with E-state index in [1.54, 1.807) is 20.4 Å². The highest BCUT2D eigenvalue weighted by Crippen LogP contribution is 2.42. The van der Waals surface area contributed by atoms with Crippen LogP contribution in [0.5, 0.6) is 11.8 Å². The van der Waals surface area contributed by atoms with Crippen molar-refractivity contribution in [3.63, 3.8) is 0 Å². The summed E-state index contributed by atoms with van der Waals surface area (Å²) in [7, 11) is 3.17. The average Bonchev–Trinajstić information content (AvgIpc) is 3.49. The minimum atomic E-state index is -0.173. The van der Waals surface area contributed by atoms with E-state index < -0.39 is 0 Å². The molecule has 0 bridgehead atoms. The zero-order chi connectivity index (χ0) is 32.9. The fourth-order valence-corrected chi connectivity index (χ4v) is 6.74. The van der Waals surface area contributed by atoms with Gasteiger partial charge in [0.1, 0.15) is 5.69 Å². The number of aromatic nitrogens is 3. The molecule has 246 valence electrons. The number of halogens is 2. The summed E-state index contributed by atoms with van der Waals surface area (Å²) in [6.45, 7) is 2.55. The Labute approximate surface area is 284 Å². The molecule has 2 aromatic heterocycles. The number of pyridine rings is 1. The van der Waals surface area contributed by atoms with Crippen molar-refractivity contribution in [3.8, 4) is 45.4 Å². The smallest absolute Gasteiger partial charge is 0.237 e. The second kappa shape index (κ2) is 15.0. The summed E-state index contributed by atoms with van der Waals surface area (Å²) in [5, 5.41) is 20.3. The minimum absolute atomic E-state index is 0.0987. The van der Waals surface area contributed by atoms with Crippen LogP contribution in [-0.2, 0) is 17.9 Å². The number of aliphatic hydroxyl groups excluding tert-OH is 1. The molecule has 10 nitrogen and oxygen atoms in total. The molecule has 1 amide bonds. The molecule has 4 N–H and O–H groups in total. The quantitative estimate of drug-likeness (QED) is 0.147. The Morgan fingerprint density at radius 1 is 0.851 bits per heavy atom. The fourth-order valence-electron chi connectivity index (χ4n) is 6.09. The molecule has 0 radical (unpaired) electrons. The Kier molecular flexibility index (Phi) is 10.5. The average molecular weight is 678 g/mol. The largest absolute Gasteiger partial charge is 0.481 e. The predicted molar refractivity (Wildman–Crippen MR) is 183 cm³/mol. The molecule has 6 rings (SSSR count). The van der Waals surface area contributed by atoms with Crippen molar-refractivity contribution in [2.75, 3.05) is 27.3 Å². The van der Waals surface area contributed by atoms with Gasteiger partial charge in [0, 0.05) is 59.9 Å². The molecule has 1 saturated heterocycles. The SMILES string of the molecule is COc1nc(-c2cccc(-c3cccc(-c4cnc(CNC[C@H]5C[C@H](O)C5)c(OC)n4)c3Cl)c2Cl)ccc1CNC[C@@H]1CCC(=O)N1. The summed E-state index contributed by atoms with van der Waals surface area (Å²) in [5.41, 5.74) is 5.80. The van der Waals surface area contributed by atoms with Gasteiger partial charge in [0.15, 0.2) is 0 Å². The summed E-state index contributed by atoms with van der Waals surface area (Å²) in [5.74, 6) is 1.50. The van der Waals surface area contributed by atoms with Crippen LogP contribution in [0.3, 0.4) is 0 Å². The van der Waals surface area contributed by atoms with Crippen molar-refractivity contribution in [3.05, 3.63) is 76.0 Å². The lowest BCUT2D eigenvalue weighted by Gasteiger charge is -2.31. The van der Waals surface area contributed by atoms with Gasteiger partial charge in [0.05, 0.1) is 48.0 Å². The highest BCUT2D eigenvalue weighted by atomic mass is 35.5. The van der Waals surface area contributed by atoms with E-state index in [9.17, 15) is 9.90 Å². The molecule has 4 aromatic rings. The van der Waals surface area contributed by atoms with E-state index in [0.29, 0.717) is 76.4 Å². The van der Waals surface area contributed by atoms with Crippen LogP contribution in [0.1, 0.15) is 36.9 Å². The molecule has 2 aliphatic rings. The first-order chi connectivity index (χ1) is 22.8. The molecule has 1 aliphatic carbocycles. The van der Waals surface area contributed by atoms with Gasteiger partial charge in [0.2, 0.25) is 17.7 Å². The van der Waals surface area contributed by atoms with E-state index in [2.05, 4.69) is 20.9 Å². The summed E-state index contributed by atoms with van der Waals surface area (Å²) in [6, 6.07) is 15.5. The highest BCUT2D eigenvalue weighted by Gasteiger charge is 2.27. The lowest BCUT2D eigenvalue weighted by atomic mass is 9.82. The van der Waals surface area contributed by atoms with E-state index in [1.807, 2.05) is 48.5 Å². The van der Waals surface area contributed by atoms with E-state index in [0.717, 1.165) is 48.1 Å². The predicted octanol–water partition coefficient (Wildman–Crippen LogP) is 5.43. The number of carbonyl (C=O) groups is 1. The Bertz CT molecular complexity index is 1750. The standard InChI is InChI=1S/C35H38Cl2N6O4/c1-46-34-21(16-39-17-22-10-12-31(45)41-22)9-11-28(42-34)26-7-3-5-24(32(26)36)25-6-4-8-27(33(25)37)29-19-40-30(35(43-29)47-2)18-38-15-20-13-23(44)14-20/h3-9,11,19-20,22-23,38-39,44H,10,12-18H2,1-2H3,(H,41,45)/t20-,22-,23-/m0/s1. The minimum Gasteiger partial charge on any atom is -0.481 e. The monoisotopic (exact) mass is 676 g/mol. The van der Waals surface area contributed by atoms with Gasteiger partial charge in [-0.3, -0.25) is 9.78 Å². The van der Waals surface area contributed by atoms with Crippen LogP contribution in [0.4, 0.5) is 0 Å². The summed E-state index contributed by atoms with van der Waals surface area (Å²) in [4.78, 5) is 25.6. The Morgan fingerprint density at radius 2 is 1.49 bits per heavy atom. The molecule has 3 heterocycles. The van der Waals surface area contributed by atoms with Crippen molar-refractivity contribution in [1.29, 1.82) is 0 Å². The van der Waals surface area contributed by atoms with Crippen LogP contribution in [0, 0.1) is 5.92 Å². The number of hydrogen-bond donors (Lipinski definition) is 4. The maximum Gasteiger partial charge on any atom is 0.237 e. The fraction of sp³-hybridized carbons (Fsp3) is 0.371. The van der Waals surface area contributed by atoms with Crippen LogP contribution < -0.4 is 25.4 Å². The number of nitrogens with zero attached hydrogens (tertiary/aromatic N) is 3. The molecule has 12 heteroatoms. The summed E-state index contributed by atoms with van der Waals surface area (Å²) < 4.78 is 11.2. The number of benzene rings is 2. The molecule has 2 fully saturated rings. The molecule has 0 unspecified atom stereocenters. The number of aliphatic hydroxyl groups is 1. The number of amides is 1. The first-order valence-corrected chi connectivity index (χ1v) is 16.5. The van der Waals surface area contributed by atoms with Gasteiger partial charge in [0.25, 0.3) is 0 Å². The Hall–Kier alpha value is -3.80. The third kappa shape index (κ3) is 7.52. The molecule has 1 saturated carbocycles. The van der Waals surface area contributed by atoms with Gasteiger partial charge in [-0.05, 0) is 37.8 Å². The number of methoxy groups -OCH3 is 2. The van der Waals surface area contributed by atoms with Crippen LogP contribution in [0.25, 0.3) is 33.6 Å². The first kappa shape index (κ1) is 33.1. The molecule has 47 heavy (non-hydrogen) atoms. The van der Waals surface area contributed by atoms with Crippen molar-refractivity contribution >= 4 is 29.1 Å². The highest BCUT2D eigenvalue weighted by molar-refractivity contribution is 6.39. The molecule has 0 spiro atoms. The topological polar surface area (TPSA) is 131 Å². The van der Waals surface area contributed by atoms with E-state index in [1.165, 1.54) is 0 Å². The molecule has 1 atom stereocenters. The number of rotatable bonds is 13. The van der Waals surface area contributed by atoms with Gasteiger partial charge in [-0.15, -0.1) is 0 Å². The van der Waals surface area contributed by atoms with E-state index in [-0.39, 0.29) is 18.1 Å². The van der Waals surface area contributed by atoms with Crippen molar-refractivity contribution in [1.82, 2.24) is 30.9 Å². The Balaban J connectivity index is 1.21. The number of ether oxygens (including phenoxy) is 2. The van der Waals surface area contributed by atoms with E-state index >= 15 is 0 Å².